The first-order chi connectivity index (χ1) is 13.0. The highest BCUT2D eigenvalue weighted by Crippen LogP contribution is 2.26. The van der Waals surface area contributed by atoms with E-state index >= 15 is 0 Å². The lowest BCUT2D eigenvalue weighted by molar-refractivity contribution is 0.454. The monoisotopic (exact) mass is 388 g/mol. The third-order valence-electron chi connectivity index (χ3n) is 5.12. The molecule has 0 bridgehead atoms. The summed E-state index contributed by atoms with van der Waals surface area (Å²) in [4.78, 5) is 8.01. The van der Waals surface area contributed by atoms with Gasteiger partial charge in [0.2, 0.25) is 0 Å². The summed E-state index contributed by atoms with van der Waals surface area (Å²) in [6.07, 6.45) is 2.01. The zero-order valence-electron chi connectivity index (χ0n) is 16.3. The first-order valence-corrected chi connectivity index (χ1v) is 10.4. The third-order valence-corrected chi connectivity index (χ3v) is 6.35. The normalized spacial score (nSPS) is 16.4. The summed E-state index contributed by atoms with van der Waals surface area (Å²) in [6.45, 7) is 7.15. The predicted molar refractivity (Wildman–Crippen MR) is 113 cm³/mol. The lowest BCUT2D eigenvalue weighted by Gasteiger charge is -2.35. The van der Waals surface area contributed by atoms with Crippen molar-refractivity contribution in [3.63, 3.8) is 0 Å². The van der Waals surface area contributed by atoms with E-state index in [1.807, 2.05) is 13.1 Å². The van der Waals surface area contributed by atoms with Crippen molar-refractivity contribution in [1.29, 1.82) is 0 Å². The molecule has 0 unspecified atom stereocenters. The average Bonchev–Trinajstić information content (AvgIpc) is 3.21. The summed E-state index contributed by atoms with van der Waals surface area (Å²) in [6, 6.07) is 11.5. The van der Waals surface area contributed by atoms with Crippen LogP contribution in [0.1, 0.15) is 31.6 Å². The van der Waals surface area contributed by atoms with E-state index in [0.29, 0.717) is 6.04 Å². The number of halogens is 1. The first kappa shape index (κ1) is 19.7. The maximum atomic E-state index is 13.4. The smallest absolute Gasteiger partial charge is 0.191 e. The van der Waals surface area contributed by atoms with Gasteiger partial charge in [-0.3, -0.25) is 4.99 Å². The van der Waals surface area contributed by atoms with Crippen molar-refractivity contribution in [3.8, 4) is 0 Å². The highest BCUT2D eigenvalue weighted by molar-refractivity contribution is 7.10. The molecule has 1 aliphatic heterocycles. The molecule has 2 aromatic rings. The van der Waals surface area contributed by atoms with Crippen LogP contribution >= 0.6 is 11.3 Å². The molecule has 0 atom stereocenters. The second-order valence-corrected chi connectivity index (χ2v) is 8.62. The van der Waals surface area contributed by atoms with E-state index in [-0.39, 0.29) is 11.2 Å². The molecule has 1 fully saturated rings. The minimum Gasteiger partial charge on any atom is -0.371 e. The summed E-state index contributed by atoms with van der Waals surface area (Å²) < 4.78 is 13.4. The molecule has 2 heterocycles. The zero-order chi connectivity index (χ0) is 19.3. The predicted octanol–water partition coefficient (Wildman–Crippen LogP) is 4.00. The third kappa shape index (κ3) is 5.22. The summed E-state index contributed by atoms with van der Waals surface area (Å²) in [5.74, 6) is 0.676. The van der Waals surface area contributed by atoms with Crippen LogP contribution in [0, 0.1) is 5.82 Å². The van der Waals surface area contributed by atoms with Gasteiger partial charge in [0.05, 0.1) is 0 Å². The quantitative estimate of drug-likeness (QED) is 0.601. The molecular formula is C21H29FN4S. The van der Waals surface area contributed by atoms with Crippen molar-refractivity contribution in [2.24, 2.45) is 4.99 Å². The number of benzene rings is 1. The molecule has 0 saturated carbocycles. The molecule has 6 heteroatoms. The minimum atomic E-state index is -0.175. The molecule has 0 amide bonds. The van der Waals surface area contributed by atoms with Gasteiger partial charge in [0, 0.05) is 48.7 Å². The second-order valence-electron chi connectivity index (χ2n) is 7.67. The van der Waals surface area contributed by atoms with Crippen molar-refractivity contribution in [2.75, 3.05) is 31.6 Å². The molecule has 27 heavy (non-hydrogen) atoms. The molecule has 1 aromatic carbocycles. The number of thiophene rings is 1. The maximum Gasteiger partial charge on any atom is 0.191 e. The fourth-order valence-corrected chi connectivity index (χ4v) is 4.25. The Morgan fingerprint density at radius 1 is 1.26 bits per heavy atom. The average molecular weight is 389 g/mol. The number of nitrogens with one attached hydrogen (secondary N) is 2. The van der Waals surface area contributed by atoms with E-state index in [2.05, 4.69) is 51.9 Å². The van der Waals surface area contributed by atoms with Gasteiger partial charge < -0.3 is 15.5 Å². The highest BCUT2D eigenvalue weighted by Gasteiger charge is 2.24. The molecule has 146 valence electrons. The Labute approximate surface area is 165 Å². The van der Waals surface area contributed by atoms with Crippen molar-refractivity contribution < 1.29 is 4.39 Å². The van der Waals surface area contributed by atoms with Crippen LogP contribution < -0.4 is 15.5 Å². The van der Waals surface area contributed by atoms with Crippen LogP contribution in [0.2, 0.25) is 0 Å². The van der Waals surface area contributed by atoms with E-state index in [9.17, 15) is 4.39 Å². The van der Waals surface area contributed by atoms with Crippen LogP contribution in [0.3, 0.4) is 0 Å². The van der Waals surface area contributed by atoms with Gasteiger partial charge in [-0.2, -0.15) is 0 Å². The topological polar surface area (TPSA) is 39.7 Å². The van der Waals surface area contributed by atoms with Gasteiger partial charge in [-0.05, 0) is 42.5 Å². The van der Waals surface area contributed by atoms with Gasteiger partial charge in [-0.25, -0.2) is 4.39 Å². The first-order valence-electron chi connectivity index (χ1n) is 9.49. The van der Waals surface area contributed by atoms with Gasteiger partial charge in [0.25, 0.3) is 0 Å². The zero-order valence-corrected chi connectivity index (χ0v) is 17.2. The lowest BCUT2D eigenvalue weighted by Crippen LogP contribution is -2.50. The molecule has 0 spiro atoms. The summed E-state index contributed by atoms with van der Waals surface area (Å²) in [7, 11) is 1.81. The number of piperidine rings is 1. The second kappa shape index (κ2) is 8.74. The summed E-state index contributed by atoms with van der Waals surface area (Å²) >= 11 is 1.79. The van der Waals surface area contributed by atoms with E-state index in [1.165, 1.54) is 10.9 Å². The van der Waals surface area contributed by atoms with Crippen molar-refractivity contribution in [2.45, 2.75) is 38.1 Å². The Kier molecular flexibility index (Phi) is 6.37. The van der Waals surface area contributed by atoms with E-state index in [0.717, 1.165) is 44.1 Å². The molecule has 0 radical (unpaired) electrons. The number of hydrogen-bond acceptors (Lipinski definition) is 3. The number of nitrogens with zero attached hydrogens (tertiary/aromatic N) is 2. The molecule has 1 saturated heterocycles. The van der Waals surface area contributed by atoms with Gasteiger partial charge in [0.1, 0.15) is 5.82 Å². The standard InChI is InChI=1S/C21H29FN4S/c1-21(2,19-8-5-13-27-19)15-24-20(23-3)25-17-9-11-26(12-10-17)18-7-4-6-16(22)14-18/h4-8,13-14,17H,9-12,15H2,1-3H3,(H2,23,24,25). The Balaban J connectivity index is 1.48. The SMILES string of the molecule is CN=C(NCC(C)(C)c1cccs1)NC1CCN(c2cccc(F)c2)CC1. The van der Waals surface area contributed by atoms with Gasteiger partial charge in [-0.1, -0.05) is 26.0 Å². The molecule has 2 N–H and O–H groups in total. The van der Waals surface area contributed by atoms with Gasteiger partial charge in [-0.15, -0.1) is 11.3 Å². The molecule has 3 rings (SSSR count). The summed E-state index contributed by atoms with van der Waals surface area (Å²) in [5, 5.41) is 9.15. The van der Waals surface area contributed by atoms with Gasteiger partial charge in [0.15, 0.2) is 5.96 Å². The van der Waals surface area contributed by atoms with Crippen LogP contribution in [0.5, 0.6) is 0 Å². The van der Waals surface area contributed by atoms with Crippen LogP contribution in [0.4, 0.5) is 10.1 Å². The van der Waals surface area contributed by atoms with Crippen LogP contribution in [0.25, 0.3) is 0 Å². The van der Waals surface area contributed by atoms with Crippen LogP contribution in [-0.2, 0) is 5.41 Å². The summed E-state index contributed by atoms with van der Waals surface area (Å²) in [5.41, 5.74) is 1.03. The molecule has 4 nitrogen and oxygen atoms in total. The Morgan fingerprint density at radius 2 is 2.04 bits per heavy atom. The number of aliphatic imine (C=N–C) groups is 1. The van der Waals surface area contributed by atoms with E-state index in [1.54, 1.807) is 23.5 Å². The number of hydrogen-bond donors (Lipinski definition) is 2. The highest BCUT2D eigenvalue weighted by atomic mass is 32.1. The van der Waals surface area contributed by atoms with E-state index in [4.69, 9.17) is 0 Å². The van der Waals surface area contributed by atoms with Crippen LogP contribution in [-0.4, -0.2) is 38.7 Å². The van der Waals surface area contributed by atoms with Crippen molar-refractivity contribution in [1.82, 2.24) is 10.6 Å². The number of guanidine groups is 1. The Bertz CT molecular complexity index is 749. The molecular weight excluding hydrogens is 359 g/mol. The fraction of sp³-hybridized carbons (Fsp3) is 0.476. The molecule has 1 aliphatic rings. The van der Waals surface area contributed by atoms with Crippen LogP contribution in [0.15, 0.2) is 46.8 Å². The maximum absolute atomic E-state index is 13.4. The number of anilines is 1. The van der Waals surface area contributed by atoms with E-state index < -0.39 is 0 Å². The minimum absolute atomic E-state index is 0.0620. The van der Waals surface area contributed by atoms with Gasteiger partial charge >= 0.3 is 0 Å². The molecule has 0 aliphatic carbocycles. The fourth-order valence-electron chi connectivity index (χ4n) is 3.40. The van der Waals surface area contributed by atoms with Crippen molar-refractivity contribution >= 4 is 23.0 Å². The number of rotatable bonds is 5. The Morgan fingerprint density at radius 3 is 2.67 bits per heavy atom. The molecule has 1 aromatic heterocycles. The lowest BCUT2D eigenvalue weighted by atomic mass is 9.91. The van der Waals surface area contributed by atoms with Crippen molar-refractivity contribution in [3.05, 3.63) is 52.5 Å². The Hall–Kier alpha value is -2.08. The largest absolute Gasteiger partial charge is 0.371 e.